The van der Waals surface area contributed by atoms with Gasteiger partial charge in [-0.1, -0.05) is 30.3 Å². The molecule has 0 aliphatic heterocycles. The van der Waals surface area contributed by atoms with Gasteiger partial charge in [0.05, 0.1) is 32.3 Å². The van der Waals surface area contributed by atoms with E-state index >= 15 is 0 Å². The summed E-state index contributed by atoms with van der Waals surface area (Å²) in [6.45, 7) is -0.0169. The summed E-state index contributed by atoms with van der Waals surface area (Å²) in [5, 5.41) is 4.23. The summed E-state index contributed by atoms with van der Waals surface area (Å²) in [4.78, 5) is 30.2. The van der Waals surface area contributed by atoms with E-state index in [0.717, 1.165) is 28.0 Å². The first-order valence-electron chi connectivity index (χ1n) is 11.5. The molecule has 0 bridgehead atoms. The first-order valence-corrected chi connectivity index (χ1v) is 11.5. The van der Waals surface area contributed by atoms with Crippen LogP contribution in [0.3, 0.4) is 0 Å². The molecule has 0 aliphatic rings. The van der Waals surface area contributed by atoms with E-state index in [1.54, 1.807) is 29.2 Å². The van der Waals surface area contributed by atoms with Crippen LogP contribution < -0.4 is 9.47 Å². The Hall–Kier alpha value is -4.92. The molecule has 5 aromatic rings. The second-order valence-electron chi connectivity index (χ2n) is 8.34. The fraction of sp³-hybridized carbons (Fsp3) is 0.143. The molecular weight excluding hydrogens is 472 g/mol. The monoisotopic (exact) mass is 496 g/mol. The number of aryl methyl sites for hydroxylation is 1. The predicted molar refractivity (Wildman–Crippen MR) is 137 cm³/mol. The number of pyridine rings is 1. The van der Waals surface area contributed by atoms with Crippen molar-refractivity contribution in [3.8, 4) is 33.9 Å². The van der Waals surface area contributed by atoms with E-state index in [2.05, 4.69) is 10.1 Å². The Kier molecular flexibility index (Phi) is 6.42. The molecule has 0 radical (unpaired) electrons. The molecule has 0 unspecified atom stereocenters. The molecule has 3 heterocycles. The summed E-state index contributed by atoms with van der Waals surface area (Å²) < 4.78 is 19.9. The van der Waals surface area contributed by atoms with E-state index in [1.165, 1.54) is 14.2 Å². The summed E-state index contributed by atoms with van der Waals surface area (Å²) in [5.41, 5.74) is 4.94. The molecule has 5 rings (SSSR count). The van der Waals surface area contributed by atoms with E-state index in [1.807, 2.05) is 66.3 Å². The number of carbonyl (C=O) groups excluding carboxylic acids is 2. The highest BCUT2D eigenvalue weighted by Gasteiger charge is 2.28. The van der Waals surface area contributed by atoms with Crippen LogP contribution >= 0.6 is 0 Å². The third kappa shape index (κ3) is 4.66. The number of hydrogen-bond acceptors (Lipinski definition) is 7. The quantitative estimate of drug-likeness (QED) is 0.179. The normalized spacial score (nSPS) is 10.9. The second kappa shape index (κ2) is 9.98. The molecule has 9 heteroatoms. The molecule has 3 aromatic heterocycles. The van der Waals surface area contributed by atoms with E-state index in [0.29, 0.717) is 5.56 Å². The molecule has 0 saturated carbocycles. The van der Waals surface area contributed by atoms with Crippen LogP contribution in [-0.4, -0.2) is 45.1 Å². The molecule has 0 amide bonds. The summed E-state index contributed by atoms with van der Waals surface area (Å²) in [7, 11) is 4.73. The van der Waals surface area contributed by atoms with Crippen LogP contribution in [0, 0.1) is 0 Å². The third-order valence-electron chi connectivity index (χ3n) is 5.98. The van der Waals surface area contributed by atoms with Crippen LogP contribution in [-0.2, 0) is 23.2 Å². The van der Waals surface area contributed by atoms with Gasteiger partial charge in [0.25, 0.3) is 5.78 Å². The highest BCUT2D eigenvalue weighted by Crippen LogP contribution is 2.36. The first-order chi connectivity index (χ1) is 18.0. The zero-order valence-electron chi connectivity index (χ0n) is 20.5. The van der Waals surface area contributed by atoms with E-state index < -0.39 is 11.8 Å². The Morgan fingerprint density at radius 3 is 2.27 bits per heavy atom. The SMILES string of the molecule is COc1cc(-c2cnc3cc(-c4cnn(C)c4)ccn23)cc(OC)c1C(=O)C(=O)OCc1ccccc1. The number of fused-ring (bicyclic) bond motifs is 1. The lowest BCUT2D eigenvalue weighted by Crippen LogP contribution is -2.19. The Labute approximate surface area is 212 Å². The minimum atomic E-state index is -0.995. The molecular formula is C28H24N4O5. The summed E-state index contributed by atoms with van der Waals surface area (Å²) in [5.74, 6) is -1.46. The maximum atomic E-state index is 13.1. The first kappa shape index (κ1) is 23.8. The maximum Gasteiger partial charge on any atom is 0.380 e. The van der Waals surface area contributed by atoms with Crippen molar-refractivity contribution in [2.24, 2.45) is 7.05 Å². The number of hydrogen-bond donors (Lipinski definition) is 0. The van der Waals surface area contributed by atoms with Crippen molar-refractivity contribution in [3.63, 3.8) is 0 Å². The fourth-order valence-electron chi connectivity index (χ4n) is 4.12. The molecule has 2 aromatic carbocycles. The molecule has 186 valence electrons. The summed E-state index contributed by atoms with van der Waals surface area (Å²) >= 11 is 0. The van der Waals surface area contributed by atoms with Crippen LogP contribution in [0.25, 0.3) is 28.0 Å². The largest absolute Gasteiger partial charge is 0.496 e. The Morgan fingerprint density at radius 2 is 1.62 bits per heavy atom. The second-order valence-corrected chi connectivity index (χ2v) is 8.34. The molecule has 0 atom stereocenters. The minimum absolute atomic E-state index is 0.000466. The van der Waals surface area contributed by atoms with Gasteiger partial charge in [-0.15, -0.1) is 0 Å². The van der Waals surface area contributed by atoms with E-state index in [4.69, 9.17) is 14.2 Å². The van der Waals surface area contributed by atoms with Crippen LogP contribution in [0.5, 0.6) is 11.5 Å². The highest BCUT2D eigenvalue weighted by molar-refractivity contribution is 6.42. The van der Waals surface area contributed by atoms with Gasteiger partial charge in [0.15, 0.2) is 0 Å². The van der Waals surface area contributed by atoms with Gasteiger partial charge in [-0.25, -0.2) is 9.78 Å². The summed E-state index contributed by atoms with van der Waals surface area (Å²) in [6.07, 6.45) is 7.38. The summed E-state index contributed by atoms with van der Waals surface area (Å²) in [6, 6.07) is 16.4. The van der Waals surface area contributed by atoms with Crippen LogP contribution in [0.4, 0.5) is 0 Å². The van der Waals surface area contributed by atoms with Gasteiger partial charge < -0.3 is 14.2 Å². The van der Waals surface area contributed by atoms with Gasteiger partial charge in [0.1, 0.15) is 29.3 Å². The average Bonchev–Trinajstić information content (AvgIpc) is 3.56. The number of methoxy groups -OCH3 is 2. The van der Waals surface area contributed by atoms with Gasteiger partial charge in [-0.3, -0.25) is 13.9 Å². The van der Waals surface area contributed by atoms with Crippen molar-refractivity contribution in [1.82, 2.24) is 19.2 Å². The number of nitrogens with zero attached hydrogens (tertiary/aromatic N) is 4. The van der Waals surface area contributed by atoms with Crippen molar-refractivity contribution >= 4 is 17.4 Å². The standard InChI is InChI=1S/C28H24N4O5/c1-31-16-21(14-30-31)19-9-10-32-22(15-29-25(32)13-19)20-11-23(35-2)26(24(12-20)36-3)27(33)28(34)37-17-18-7-5-4-6-8-18/h4-16H,17H2,1-3H3. The lowest BCUT2D eigenvalue weighted by Gasteiger charge is -2.14. The van der Waals surface area contributed by atoms with Crippen LogP contribution in [0.2, 0.25) is 0 Å². The molecule has 0 saturated heterocycles. The Bertz CT molecular complexity index is 1580. The third-order valence-corrected chi connectivity index (χ3v) is 5.98. The number of imidazole rings is 1. The molecule has 9 nitrogen and oxygen atoms in total. The molecule has 0 spiro atoms. The molecule has 0 N–H and O–H groups in total. The van der Waals surface area contributed by atoms with Crippen molar-refractivity contribution in [2.45, 2.75) is 6.61 Å². The van der Waals surface area contributed by atoms with Crippen molar-refractivity contribution in [1.29, 1.82) is 0 Å². The van der Waals surface area contributed by atoms with Crippen molar-refractivity contribution in [2.75, 3.05) is 14.2 Å². The van der Waals surface area contributed by atoms with Crippen LogP contribution in [0.1, 0.15) is 15.9 Å². The molecule has 37 heavy (non-hydrogen) atoms. The number of esters is 1. The van der Waals surface area contributed by atoms with Gasteiger partial charge in [0, 0.05) is 30.6 Å². The number of ketones is 1. The van der Waals surface area contributed by atoms with Crippen molar-refractivity contribution < 1.29 is 23.8 Å². The zero-order valence-corrected chi connectivity index (χ0v) is 20.5. The topological polar surface area (TPSA) is 97.0 Å². The number of carbonyl (C=O) groups is 2. The number of benzene rings is 2. The van der Waals surface area contributed by atoms with Crippen molar-refractivity contribution in [3.05, 3.63) is 90.5 Å². The van der Waals surface area contributed by atoms with Gasteiger partial charge in [-0.2, -0.15) is 5.10 Å². The van der Waals surface area contributed by atoms with E-state index in [-0.39, 0.29) is 23.7 Å². The zero-order chi connectivity index (χ0) is 25.9. The maximum absolute atomic E-state index is 13.1. The lowest BCUT2D eigenvalue weighted by molar-refractivity contribution is -0.139. The molecule has 0 aliphatic carbocycles. The van der Waals surface area contributed by atoms with E-state index in [9.17, 15) is 9.59 Å². The minimum Gasteiger partial charge on any atom is -0.496 e. The molecule has 0 fully saturated rings. The number of Topliss-reactive ketones (excluding diaryl/α,β-unsaturated/α-hetero) is 1. The van der Waals surface area contributed by atoms with Crippen LogP contribution in [0.15, 0.2) is 79.4 Å². The number of rotatable bonds is 8. The average molecular weight is 497 g/mol. The Balaban J connectivity index is 1.47. The number of aromatic nitrogens is 4. The Morgan fingerprint density at radius 1 is 0.892 bits per heavy atom. The number of ether oxygens (including phenoxy) is 3. The van der Waals surface area contributed by atoms with Gasteiger partial charge in [0.2, 0.25) is 0 Å². The highest BCUT2D eigenvalue weighted by atomic mass is 16.5. The fourth-order valence-corrected chi connectivity index (χ4v) is 4.12. The van der Waals surface area contributed by atoms with Gasteiger partial charge in [-0.05, 0) is 35.4 Å². The predicted octanol–water partition coefficient (Wildman–Crippen LogP) is 4.35. The van der Waals surface area contributed by atoms with Gasteiger partial charge >= 0.3 is 5.97 Å². The smallest absolute Gasteiger partial charge is 0.380 e. The lowest BCUT2D eigenvalue weighted by atomic mass is 10.0.